The Morgan fingerprint density at radius 2 is 1.91 bits per heavy atom. The number of nitrogens with one attached hydrogen (secondary N) is 2. The first kappa shape index (κ1) is 24.1. The zero-order chi connectivity index (χ0) is 23.0. The summed E-state index contributed by atoms with van der Waals surface area (Å²) in [5, 5.41) is 17.5. The molecule has 2 aromatic rings. The Balaban J connectivity index is 1.45. The molecule has 1 aromatic heterocycles. The van der Waals surface area contributed by atoms with Crippen molar-refractivity contribution in [2.45, 2.75) is 45.8 Å². The van der Waals surface area contributed by atoms with E-state index in [0.717, 1.165) is 63.0 Å². The second kappa shape index (κ2) is 11.4. The predicted molar refractivity (Wildman–Crippen MR) is 128 cm³/mol. The van der Waals surface area contributed by atoms with Crippen LogP contribution in [0.25, 0.3) is 0 Å². The van der Waals surface area contributed by atoms with Crippen molar-refractivity contribution in [3.05, 3.63) is 53.5 Å². The van der Waals surface area contributed by atoms with Crippen molar-refractivity contribution in [2.75, 3.05) is 39.8 Å². The van der Waals surface area contributed by atoms with E-state index in [-0.39, 0.29) is 6.54 Å². The molecule has 0 saturated carbocycles. The summed E-state index contributed by atoms with van der Waals surface area (Å²) in [5.74, 6) is 3.57. The van der Waals surface area contributed by atoms with Crippen LogP contribution < -0.4 is 15.4 Å². The quantitative estimate of drug-likeness (QED) is 0.408. The highest BCUT2D eigenvalue weighted by molar-refractivity contribution is 5.79. The minimum atomic E-state index is -1.14. The summed E-state index contributed by atoms with van der Waals surface area (Å²) in [5.41, 5.74) is 0.186. The van der Waals surface area contributed by atoms with Crippen molar-refractivity contribution >= 4 is 5.96 Å². The number of methoxy groups -OCH3 is 1. The molecular weight excluding hydrogens is 404 g/mol. The van der Waals surface area contributed by atoms with Crippen molar-refractivity contribution in [1.82, 2.24) is 15.5 Å². The lowest BCUT2D eigenvalue weighted by Crippen LogP contribution is -2.43. The second-order valence-electron chi connectivity index (χ2n) is 8.83. The summed E-state index contributed by atoms with van der Waals surface area (Å²) in [6, 6.07) is 12.0. The summed E-state index contributed by atoms with van der Waals surface area (Å²) in [7, 11) is 1.70. The van der Waals surface area contributed by atoms with Gasteiger partial charge in [-0.1, -0.05) is 12.1 Å². The third-order valence-electron chi connectivity index (χ3n) is 5.99. The molecule has 2 heterocycles. The van der Waals surface area contributed by atoms with Gasteiger partial charge in [0.25, 0.3) is 0 Å². The SMILES string of the molecule is CCNC(=NCC(C)(O)c1ccc(C)o1)NCC1CCN(Cc2ccc(OC)cc2)CC1. The normalized spacial score (nSPS) is 17.7. The average molecular weight is 443 g/mol. The highest BCUT2D eigenvalue weighted by atomic mass is 16.5. The first-order valence-corrected chi connectivity index (χ1v) is 11.6. The number of furan rings is 1. The maximum atomic E-state index is 10.7. The molecule has 1 aliphatic rings. The first-order valence-electron chi connectivity index (χ1n) is 11.6. The van der Waals surface area contributed by atoms with Crippen LogP contribution in [0.15, 0.2) is 45.8 Å². The fraction of sp³-hybridized carbons (Fsp3) is 0.560. The molecule has 0 aliphatic carbocycles. The largest absolute Gasteiger partial charge is 0.497 e. The number of aryl methyl sites for hydroxylation is 1. The lowest BCUT2D eigenvalue weighted by Gasteiger charge is -2.32. The van der Waals surface area contributed by atoms with Crippen LogP contribution in [-0.2, 0) is 12.1 Å². The first-order chi connectivity index (χ1) is 15.4. The Morgan fingerprint density at radius 3 is 2.50 bits per heavy atom. The predicted octanol–water partition coefficient (Wildman–Crippen LogP) is 3.27. The summed E-state index contributed by atoms with van der Waals surface area (Å²) >= 11 is 0. The molecule has 3 rings (SSSR count). The minimum absolute atomic E-state index is 0.232. The van der Waals surface area contributed by atoms with Crippen LogP contribution in [0.1, 0.15) is 43.8 Å². The Kier molecular flexibility index (Phi) is 8.59. The monoisotopic (exact) mass is 442 g/mol. The molecule has 0 amide bonds. The van der Waals surface area contributed by atoms with Crippen LogP contribution in [-0.4, -0.2) is 55.8 Å². The number of rotatable bonds is 9. The molecule has 1 fully saturated rings. The Labute approximate surface area is 191 Å². The number of nitrogens with zero attached hydrogens (tertiary/aromatic N) is 2. The molecule has 1 aliphatic heterocycles. The summed E-state index contributed by atoms with van der Waals surface area (Å²) in [6.45, 7) is 10.7. The van der Waals surface area contributed by atoms with Gasteiger partial charge in [0.15, 0.2) is 5.96 Å². The van der Waals surface area contributed by atoms with Crippen molar-refractivity contribution in [3.63, 3.8) is 0 Å². The van der Waals surface area contributed by atoms with Gasteiger partial charge < -0.3 is 24.9 Å². The third-order valence-corrected chi connectivity index (χ3v) is 5.99. The van der Waals surface area contributed by atoms with Gasteiger partial charge in [-0.05, 0) is 82.4 Å². The highest BCUT2D eigenvalue weighted by Gasteiger charge is 2.27. The van der Waals surface area contributed by atoms with Gasteiger partial charge >= 0.3 is 0 Å². The van der Waals surface area contributed by atoms with Crippen molar-refractivity contribution in [2.24, 2.45) is 10.9 Å². The smallest absolute Gasteiger partial charge is 0.191 e. The Morgan fingerprint density at radius 1 is 1.19 bits per heavy atom. The van der Waals surface area contributed by atoms with E-state index in [4.69, 9.17) is 9.15 Å². The van der Waals surface area contributed by atoms with Crippen LogP contribution in [0.2, 0.25) is 0 Å². The Hall–Kier alpha value is -2.51. The van der Waals surface area contributed by atoms with Crippen LogP contribution in [0.4, 0.5) is 0 Å². The molecular formula is C25H38N4O3. The molecule has 0 radical (unpaired) electrons. The number of hydrogen-bond donors (Lipinski definition) is 3. The van der Waals surface area contributed by atoms with Gasteiger partial charge in [-0.15, -0.1) is 0 Å². The summed E-state index contributed by atoms with van der Waals surface area (Å²) in [4.78, 5) is 7.12. The molecule has 32 heavy (non-hydrogen) atoms. The van der Waals surface area contributed by atoms with Crippen LogP contribution in [0.5, 0.6) is 5.75 Å². The van der Waals surface area contributed by atoms with E-state index in [1.165, 1.54) is 5.56 Å². The molecule has 3 N–H and O–H groups in total. The number of likely N-dealkylation sites (tertiary alicyclic amines) is 1. The maximum Gasteiger partial charge on any atom is 0.191 e. The van der Waals surface area contributed by atoms with Gasteiger partial charge in [-0.25, -0.2) is 4.99 Å². The summed E-state index contributed by atoms with van der Waals surface area (Å²) < 4.78 is 10.8. The highest BCUT2D eigenvalue weighted by Crippen LogP contribution is 2.23. The molecule has 1 saturated heterocycles. The van der Waals surface area contributed by atoms with Gasteiger partial charge in [-0.2, -0.15) is 0 Å². The van der Waals surface area contributed by atoms with E-state index in [1.807, 2.05) is 38.1 Å². The van der Waals surface area contributed by atoms with E-state index in [9.17, 15) is 5.11 Å². The summed E-state index contributed by atoms with van der Waals surface area (Å²) in [6.07, 6.45) is 2.32. The molecule has 0 spiro atoms. The molecule has 176 valence electrons. The number of aliphatic imine (C=N–C) groups is 1. The van der Waals surface area contributed by atoms with Gasteiger partial charge in [0, 0.05) is 19.6 Å². The third kappa shape index (κ3) is 7.00. The van der Waals surface area contributed by atoms with Gasteiger partial charge in [-0.3, -0.25) is 4.90 Å². The number of benzene rings is 1. The van der Waals surface area contributed by atoms with Crippen LogP contribution in [0.3, 0.4) is 0 Å². The number of guanidine groups is 1. The fourth-order valence-corrected chi connectivity index (χ4v) is 3.96. The lowest BCUT2D eigenvalue weighted by atomic mass is 9.96. The molecule has 0 bridgehead atoms. The second-order valence-corrected chi connectivity index (χ2v) is 8.83. The van der Waals surface area contributed by atoms with Crippen molar-refractivity contribution in [1.29, 1.82) is 0 Å². The number of piperidine rings is 1. The number of ether oxygens (including phenoxy) is 1. The molecule has 7 nitrogen and oxygen atoms in total. The van der Waals surface area contributed by atoms with Crippen molar-refractivity contribution in [3.8, 4) is 5.75 Å². The lowest BCUT2D eigenvalue weighted by molar-refractivity contribution is 0.0428. The maximum absolute atomic E-state index is 10.7. The van der Waals surface area contributed by atoms with Gasteiger partial charge in [0.1, 0.15) is 22.9 Å². The molecule has 1 unspecified atom stereocenters. The topological polar surface area (TPSA) is 82.3 Å². The fourth-order valence-electron chi connectivity index (χ4n) is 3.96. The van der Waals surface area contributed by atoms with Crippen molar-refractivity contribution < 1.29 is 14.3 Å². The van der Waals surface area contributed by atoms with Crippen LogP contribution in [0, 0.1) is 12.8 Å². The van der Waals surface area contributed by atoms with E-state index >= 15 is 0 Å². The standard InChI is InChI=1S/C25H38N4O3/c1-5-26-24(28-18-25(3,30)23-11-6-19(2)32-23)27-16-20-12-14-29(15-13-20)17-21-7-9-22(31-4)10-8-21/h6-11,20,30H,5,12-18H2,1-4H3,(H2,26,27,28). The number of aliphatic hydroxyl groups is 1. The minimum Gasteiger partial charge on any atom is -0.497 e. The van der Waals surface area contributed by atoms with E-state index in [1.54, 1.807) is 14.0 Å². The zero-order valence-electron chi connectivity index (χ0n) is 19.9. The van der Waals surface area contributed by atoms with E-state index in [2.05, 4.69) is 32.7 Å². The van der Waals surface area contributed by atoms with Gasteiger partial charge in [0.2, 0.25) is 0 Å². The number of hydrogen-bond acceptors (Lipinski definition) is 5. The Bertz CT molecular complexity index is 852. The van der Waals surface area contributed by atoms with Crippen LogP contribution >= 0.6 is 0 Å². The van der Waals surface area contributed by atoms with E-state index in [0.29, 0.717) is 11.7 Å². The van der Waals surface area contributed by atoms with Gasteiger partial charge in [0.05, 0.1) is 13.7 Å². The molecule has 7 heteroatoms. The average Bonchev–Trinajstić information content (AvgIpc) is 3.24. The molecule has 1 atom stereocenters. The molecule has 1 aromatic carbocycles. The zero-order valence-corrected chi connectivity index (χ0v) is 19.9. The van der Waals surface area contributed by atoms with E-state index < -0.39 is 5.60 Å².